The normalized spacial score (nSPS) is 12.5. The smallest absolute Gasteiger partial charge is 0.213 e. The largest absolute Gasteiger partial charge is 0.475 e. The number of rotatable bonds is 6. The lowest BCUT2D eigenvalue weighted by Gasteiger charge is -2.08. The lowest BCUT2D eigenvalue weighted by Crippen LogP contribution is -2.09. The minimum absolute atomic E-state index is 0.00208. The summed E-state index contributed by atoms with van der Waals surface area (Å²) in [6, 6.07) is 3.75. The van der Waals surface area contributed by atoms with Gasteiger partial charge in [0.1, 0.15) is 6.61 Å². The molecule has 1 atom stereocenters. The van der Waals surface area contributed by atoms with Gasteiger partial charge in [0.25, 0.3) is 0 Å². The lowest BCUT2D eigenvalue weighted by atomic mass is 10.1. The van der Waals surface area contributed by atoms with Crippen molar-refractivity contribution in [3.63, 3.8) is 0 Å². The summed E-state index contributed by atoms with van der Waals surface area (Å²) in [6.45, 7) is 5.69. The maximum Gasteiger partial charge on any atom is 0.213 e. The second-order valence-corrected chi connectivity index (χ2v) is 3.26. The van der Waals surface area contributed by atoms with E-state index in [4.69, 9.17) is 15.2 Å². The first-order chi connectivity index (χ1) is 7.24. The fourth-order valence-electron chi connectivity index (χ4n) is 1.14. The van der Waals surface area contributed by atoms with Gasteiger partial charge in [0, 0.05) is 24.9 Å². The van der Waals surface area contributed by atoms with Crippen LogP contribution in [0.3, 0.4) is 0 Å². The molecule has 15 heavy (non-hydrogen) atoms. The Morgan fingerprint density at radius 3 is 2.93 bits per heavy atom. The maximum atomic E-state index is 5.75. The van der Waals surface area contributed by atoms with Gasteiger partial charge in [-0.05, 0) is 25.5 Å². The van der Waals surface area contributed by atoms with Crippen molar-refractivity contribution in [2.45, 2.75) is 19.9 Å². The van der Waals surface area contributed by atoms with Gasteiger partial charge in [-0.1, -0.05) is 0 Å². The van der Waals surface area contributed by atoms with Crippen LogP contribution in [-0.2, 0) is 4.74 Å². The zero-order valence-corrected chi connectivity index (χ0v) is 9.27. The molecule has 2 N–H and O–H groups in total. The Kier molecular flexibility index (Phi) is 5.07. The molecule has 84 valence electrons. The van der Waals surface area contributed by atoms with Gasteiger partial charge in [0.05, 0.1) is 6.61 Å². The summed E-state index contributed by atoms with van der Waals surface area (Å²) < 4.78 is 10.6. The van der Waals surface area contributed by atoms with Crippen LogP contribution in [0.5, 0.6) is 5.88 Å². The van der Waals surface area contributed by atoms with Crippen molar-refractivity contribution in [1.82, 2.24) is 4.98 Å². The minimum atomic E-state index is 0.00208. The van der Waals surface area contributed by atoms with E-state index >= 15 is 0 Å². The second kappa shape index (κ2) is 6.37. The van der Waals surface area contributed by atoms with E-state index in [-0.39, 0.29) is 6.04 Å². The van der Waals surface area contributed by atoms with Crippen molar-refractivity contribution in [3.8, 4) is 5.88 Å². The van der Waals surface area contributed by atoms with Crippen LogP contribution in [0.15, 0.2) is 18.3 Å². The SMILES string of the molecule is CCOCCOc1cc([C@@H](C)N)ccn1. The van der Waals surface area contributed by atoms with Crippen LogP contribution in [0.25, 0.3) is 0 Å². The molecule has 1 rings (SSSR count). The summed E-state index contributed by atoms with van der Waals surface area (Å²) in [7, 11) is 0. The van der Waals surface area contributed by atoms with Crippen molar-refractivity contribution in [2.24, 2.45) is 5.73 Å². The van der Waals surface area contributed by atoms with Crippen LogP contribution in [0.1, 0.15) is 25.5 Å². The topological polar surface area (TPSA) is 57.4 Å². The minimum Gasteiger partial charge on any atom is -0.475 e. The zero-order valence-electron chi connectivity index (χ0n) is 9.27. The first kappa shape index (κ1) is 11.9. The molecule has 0 spiro atoms. The van der Waals surface area contributed by atoms with Gasteiger partial charge in [-0.15, -0.1) is 0 Å². The molecule has 0 fully saturated rings. The van der Waals surface area contributed by atoms with E-state index in [0.29, 0.717) is 25.7 Å². The van der Waals surface area contributed by atoms with Crippen LogP contribution in [-0.4, -0.2) is 24.8 Å². The monoisotopic (exact) mass is 210 g/mol. The third kappa shape index (κ3) is 4.27. The predicted octanol–water partition coefficient (Wildman–Crippen LogP) is 1.52. The number of nitrogens with zero attached hydrogens (tertiary/aromatic N) is 1. The van der Waals surface area contributed by atoms with Gasteiger partial charge >= 0.3 is 0 Å². The zero-order chi connectivity index (χ0) is 11.1. The molecule has 0 saturated carbocycles. The molecule has 0 aromatic carbocycles. The summed E-state index contributed by atoms with van der Waals surface area (Å²) in [5, 5.41) is 0. The van der Waals surface area contributed by atoms with E-state index in [0.717, 1.165) is 5.56 Å². The van der Waals surface area contributed by atoms with E-state index in [1.54, 1.807) is 6.20 Å². The first-order valence-corrected chi connectivity index (χ1v) is 5.16. The maximum absolute atomic E-state index is 5.75. The standard InChI is InChI=1S/C11H18N2O2/c1-3-14-6-7-15-11-8-10(9(2)12)4-5-13-11/h4-5,8-9H,3,6-7,12H2,1-2H3/t9-/m1/s1. The first-order valence-electron chi connectivity index (χ1n) is 5.16. The summed E-state index contributed by atoms with van der Waals surface area (Å²) in [5.41, 5.74) is 6.78. The molecule has 0 aliphatic rings. The van der Waals surface area contributed by atoms with E-state index < -0.39 is 0 Å². The number of hydrogen-bond acceptors (Lipinski definition) is 4. The molecule has 4 nitrogen and oxygen atoms in total. The Hall–Kier alpha value is -1.13. The second-order valence-electron chi connectivity index (χ2n) is 3.26. The number of hydrogen-bond donors (Lipinski definition) is 1. The number of pyridine rings is 1. The Bertz CT molecular complexity index is 290. The highest BCUT2D eigenvalue weighted by Crippen LogP contribution is 2.14. The Balaban J connectivity index is 2.43. The van der Waals surface area contributed by atoms with E-state index in [1.165, 1.54) is 0 Å². The molecule has 0 bridgehead atoms. The van der Waals surface area contributed by atoms with Crippen LogP contribution >= 0.6 is 0 Å². The van der Waals surface area contributed by atoms with Crippen molar-refractivity contribution in [2.75, 3.05) is 19.8 Å². The summed E-state index contributed by atoms with van der Waals surface area (Å²) in [4.78, 5) is 4.09. The highest BCUT2D eigenvalue weighted by molar-refractivity contribution is 5.22. The van der Waals surface area contributed by atoms with E-state index in [9.17, 15) is 0 Å². The molecule has 1 aromatic heterocycles. The Morgan fingerprint density at radius 2 is 2.27 bits per heavy atom. The molecular weight excluding hydrogens is 192 g/mol. The molecular formula is C11H18N2O2. The molecule has 0 aliphatic heterocycles. The summed E-state index contributed by atoms with van der Waals surface area (Å²) in [5.74, 6) is 0.601. The lowest BCUT2D eigenvalue weighted by molar-refractivity contribution is 0.108. The fraction of sp³-hybridized carbons (Fsp3) is 0.545. The van der Waals surface area contributed by atoms with Crippen molar-refractivity contribution in [1.29, 1.82) is 0 Å². The number of ether oxygens (including phenoxy) is 2. The molecule has 1 aromatic rings. The quantitative estimate of drug-likeness (QED) is 0.723. The van der Waals surface area contributed by atoms with Gasteiger partial charge in [-0.2, -0.15) is 0 Å². The van der Waals surface area contributed by atoms with Crippen LogP contribution in [0.2, 0.25) is 0 Å². The molecule has 4 heteroatoms. The van der Waals surface area contributed by atoms with Gasteiger partial charge in [-0.25, -0.2) is 4.98 Å². The molecule has 0 radical (unpaired) electrons. The Labute approximate surface area is 90.4 Å². The third-order valence-electron chi connectivity index (χ3n) is 1.97. The third-order valence-corrected chi connectivity index (χ3v) is 1.97. The summed E-state index contributed by atoms with van der Waals surface area (Å²) in [6.07, 6.45) is 1.70. The summed E-state index contributed by atoms with van der Waals surface area (Å²) >= 11 is 0. The van der Waals surface area contributed by atoms with Crippen LogP contribution in [0, 0.1) is 0 Å². The van der Waals surface area contributed by atoms with E-state index in [2.05, 4.69) is 4.98 Å². The number of nitrogens with two attached hydrogens (primary N) is 1. The van der Waals surface area contributed by atoms with Gasteiger partial charge < -0.3 is 15.2 Å². The molecule has 0 amide bonds. The highest BCUT2D eigenvalue weighted by atomic mass is 16.5. The Morgan fingerprint density at radius 1 is 1.47 bits per heavy atom. The van der Waals surface area contributed by atoms with Gasteiger partial charge in [0.2, 0.25) is 5.88 Å². The van der Waals surface area contributed by atoms with Gasteiger partial charge in [-0.3, -0.25) is 0 Å². The van der Waals surface area contributed by atoms with Gasteiger partial charge in [0.15, 0.2) is 0 Å². The number of aromatic nitrogens is 1. The average Bonchev–Trinajstić information content (AvgIpc) is 2.25. The molecule has 1 heterocycles. The van der Waals surface area contributed by atoms with Crippen molar-refractivity contribution < 1.29 is 9.47 Å². The average molecular weight is 210 g/mol. The van der Waals surface area contributed by atoms with Crippen LogP contribution in [0.4, 0.5) is 0 Å². The van der Waals surface area contributed by atoms with Crippen LogP contribution < -0.4 is 10.5 Å². The highest BCUT2D eigenvalue weighted by Gasteiger charge is 2.01. The molecule has 0 saturated heterocycles. The predicted molar refractivity (Wildman–Crippen MR) is 58.8 cm³/mol. The van der Waals surface area contributed by atoms with E-state index in [1.807, 2.05) is 26.0 Å². The molecule has 0 aliphatic carbocycles. The van der Waals surface area contributed by atoms with Crippen molar-refractivity contribution >= 4 is 0 Å². The fourth-order valence-corrected chi connectivity index (χ4v) is 1.14. The molecule has 0 unspecified atom stereocenters. The van der Waals surface area contributed by atoms with Crippen molar-refractivity contribution in [3.05, 3.63) is 23.9 Å².